The van der Waals surface area contributed by atoms with Gasteiger partial charge in [-0.15, -0.1) is 11.3 Å². The van der Waals surface area contributed by atoms with Crippen molar-refractivity contribution in [1.82, 2.24) is 9.91 Å². The molecule has 0 unspecified atom stereocenters. The van der Waals surface area contributed by atoms with Gasteiger partial charge in [-0.2, -0.15) is 5.10 Å². The SMILES string of the molecule is CC(C)N1CCC2(CC1)Oc1ccccc1[C@H]1CC(c3ccc(Br)s3)=NN12. The highest BCUT2D eigenvalue weighted by Gasteiger charge is 2.51. The van der Waals surface area contributed by atoms with Crippen LogP contribution >= 0.6 is 27.3 Å². The van der Waals surface area contributed by atoms with Crippen molar-refractivity contribution in [3.05, 3.63) is 50.6 Å². The maximum absolute atomic E-state index is 6.68. The van der Waals surface area contributed by atoms with Crippen molar-refractivity contribution in [2.75, 3.05) is 13.1 Å². The Morgan fingerprint density at radius 1 is 1.19 bits per heavy atom. The van der Waals surface area contributed by atoms with Gasteiger partial charge in [0.2, 0.25) is 5.72 Å². The highest BCUT2D eigenvalue weighted by molar-refractivity contribution is 9.11. The van der Waals surface area contributed by atoms with Crippen molar-refractivity contribution >= 4 is 33.0 Å². The minimum Gasteiger partial charge on any atom is -0.466 e. The van der Waals surface area contributed by atoms with Crippen LogP contribution in [-0.2, 0) is 0 Å². The predicted octanol–water partition coefficient (Wildman–Crippen LogP) is 5.25. The fourth-order valence-corrected chi connectivity index (χ4v) is 5.95. The molecule has 0 aliphatic carbocycles. The lowest BCUT2D eigenvalue weighted by Crippen LogP contribution is -2.59. The van der Waals surface area contributed by atoms with E-state index in [9.17, 15) is 0 Å². The lowest BCUT2D eigenvalue weighted by Gasteiger charge is -2.51. The van der Waals surface area contributed by atoms with E-state index < -0.39 is 0 Å². The quantitative estimate of drug-likeness (QED) is 0.631. The molecule has 4 nitrogen and oxygen atoms in total. The largest absolute Gasteiger partial charge is 0.466 e. The molecule has 3 aliphatic rings. The van der Waals surface area contributed by atoms with Crippen LogP contribution in [0.2, 0.25) is 0 Å². The maximum Gasteiger partial charge on any atom is 0.200 e. The molecule has 0 amide bonds. The van der Waals surface area contributed by atoms with Gasteiger partial charge in [-0.1, -0.05) is 18.2 Å². The van der Waals surface area contributed by atoms with Crippen molar-refractivity contribution in [2.45, 2.75) is 50.9 Å². The first kappa shape index (κ1) is 17.7. The minimum absolute atomic E-state index is 0.274. The van der Waals surface area contributed by atoms with Crippen LogP contribution in [0, 0.1) is 0 Å². The van der Waals surface area contributed by atoms with Gasteiger partial charge in [0.25, 0.3) is 0 Å². The normalized spacial score (nSPS) is 23.9. The molecular weight excluding hydrogens is 422 g/mol. The van der Waals surface area contributed by atoms with Crippen LogP contribution in [0.15, 0.2) is 45.3 Å². The second-order valence-electron chi connectivity index (χ2n) is 7.93. The van der Waals surface area contributed by atoms with Crippen LogP contribution in [0.1, 0.15) is 49.6 Å². The Morgan fingerprint density at radius 2 is 1.96 bits per heavy atom. The number of likely N-dealkylation sites (tertiary alicyclic amines) is 1. The molecule has 27 heavy (non-hydrogen) atoms. The molecule has 142 valence electrons. The number of piperidine rings is 1. The Labute approximate surface area is 172 Å². The molecule has 6 heteroatoms. The third-order valence-corrected chi connectivity index (χ3v) is 7.75. The van der Waals surface area contributed by atoms with Gasteiger partial charge in [0.05, 0.1) is 20.4 Å². The highest BCUT2D eigenvalue weighted by Crippen LogP contribution is 2.50. The Balaban J connectivity index is 1.53. The number of fused-ring (bicyclic) bond motifs is 4. The summed E-state index contributed by atoms with van der Waals surface area (Å²) in [5.41, 5.74) is 2.13. The van der Waals surface area contributed by atoms with Gasteiger partial charge >= 0.3 is 0 Å². The number of benzene rings is 1. The van der Waals surface area contributed by atoms with Crippen LogP contribution in [0.25, 0.3) is 0 Å². The number of hydrogen-bond donors (Lipinski definition) is 0. The number of hydrazone groups is 1. The third kappa shape index (κ3) is 2.93. The Morgan fingerprint density at radius 3 is 2.67 bits per heavy atom. The van der Waals surface area contributed by atoms with Crippen molar-refractivity contribution in [3.63, 3.8) is 0 Å². The zero-order chi connectivity index (χ0) is 18.6. The molecule has 1 fully saturated rings. The van der Waals surface area contributed by atoms with Gasteiger partial charge in [0, 0.05) is 44.0 Å². The van der Waals surface area contributed by atoms with Crippen LogP contribution in [0.4, 0.5) is 0 Å². The molecule has 1 saturated heterocycles. The molecule has 1 aromatic carbocycles. The smallest absolute Gasteiger partial charge is 0.200 e. The van der Waals surface area contributed by atoms with Crippen molar-refractivity contribution in [3.8, 4) is 5.75 Å². The highest BCUT2D eigenvalue weighted by atomic mass is 79.9. The zero-order valence-electron chi connectivity index (χ0n) is 15.7. The molecule has 4 heterocycles. The summed E-state index contributed by atoms with van der Waals surface area (Å²) in [6, 6.07) is 13.7. The van der Waals surface area contributed by atoms with E-state index in [1.54, 1.807) is 11.3 Å². The summed E-state index contributed by atoms with van der Waals surface area (Å²) < 4.78 is 7.83. The van der Waals surface area contributed by atoms with E-state index >= 15 is 0 Å². The molecule has 2 aromatic rings. The summed E-state index contributed by atoms with van der Waals surface area (Å²) in [6.07, 6.45) is 2.92. The van der Waals surface area contributed by atoms with Crippen molar-refractivity contribution in [1.29, 1.82) is 0 Å². The van der Waals surface area contributed by atoms with Crippen LogP contribution in [0.5, 0.6) is 5.75 Å². The molecule has 1 atom stereocenters. The standard InChI is InChI=1S/C21H24BrN3OS/c1-14(2)24-11-9-21(10-12-24)25-17(15-5-3-4-6-18(15)26-21)13-16(23-25)19-7-8-20(22)27-19/h3-8,14,17H,9-13H2,1-2H3/t17-/m1/s1. The number of thiophene rings is 1. The second-order valence-corrected chi connectivity index (χ2v) is 10.4. The molecular formula is C21H24BrN3OS. The number of nitrogens with zero attached hydrogens (tertiary/aromatic N) is 3. The number of rotatable bonds is 2. The fourth-order valence-electron chi connectivity index (χ4n) is 4.57. The summed E-state index contributed by atoms with van der Waals surface area (Å²) in [5.74, 6) is 1.04. The van der Waals surface area contributed by atoms with E-state index in [1.165, 1.54) is 16.2 Å². The number of hydrogen-bond acceptors (Lipinski definition) is 5. The van der Waals surface area contributed by atoms with E-state index in [0.717, 1.165) is 41.9 Å². The first-order valence-corrected chi connectivity index (χ1v) is 11.3. The third-order valence-electron chi connectivity index (χ3n) is 6.07. The van der Waals surface area contributed by atoms with Crippen molar-refractivity contribution in [2.24, 2.45) is 5.10 Å². The van der Waals surface area contributed by atoms with E-state index in [1.807, 2.05) is 0 Å². The summed E-state index contributed by atoms with van der Waals surface area (Å²) >= 11 is 5.35. The van der Waals surface area contributed by atoms with E-state index in [-0.39, 0.29) is 11.8 Å². The van der Waals surface area contributed by atoms with Gasteiger partial charge in [0.1, 0.15) is 5.75 Å². The molecule has 1 aromatic heterocycles. The Bertz CT molecular complexity index is 885. The number of halogens is 1. The zero-order valence-corrected chi connectivity index (χ0v) is 18.1. The average molecular weight is 446 g/mol. The molecule has 0 N–H and O–H groups in total. The van der Waals surface area contributed by atoms with E-state index in [2.05, 4.69) is 76.1 Å². The van der Waals surface area contributed by atoms with Gasteiger partial charge < -0.3 is 9.64 Å². The number of para-hydroxylation sites is 1. The predicted molar refractivity (Wildman–Crippen MR) is 113 cm³/mol. The molecule has 0 saturated carbocycles. The number of ether oxygens (including phenoxy) is 1. The summed E-state index contributed by atoms with van der Waals surface area (Å²) in [5, 5.41) is 7.44. The van der Waals surface area contributed by atoms with E-state index in [4.69, 9.17) is 9.84 Å². The first-order valence-electron chi connectivity index (χ1n) is 9.70. The second kappa shape index (κ2) is 6.61. The van der Waals surface area contributed by atoms with Gasteiger partial charge in [0.15, 0.2) is 0 Å². The summed E-state index contributed by atoms with van der Waals surface area (Å²) in [4.78, 5) is 3.80. The Hall–Kier alpha value is -1.37. The molecule has 0 radical (unpaired) electrons. The van der Waals surface area contributed by atoms with Crippen LogP contribution in [-0.4, -0.2) is 40.5 Å². The fraction of sp³-hybridized carbons (Fsp3) is 0.476. The van der Waals surface area contributed by atoms with Crippen LogP contribution < -0.4 is 4.74 Å². The Kier molecular flexibility index (Phi) is 4.33. The average Bonchev–Trinajstić information content (AvgIpc) is 3.29. The topological polar surface area (TPSA) is 28.1 Å². The minimum atomic E-state index is -0.319. The molecule has 5 rings (SSSR count). The molecule has 3 aliphatic heterocycles. The molecule has 1 spiro atoms. The maximum atomic E-state index is 6.68. The lowest BCUT2D eigenvalue weighted by molar-refractivity contribution is -0.152. The first-order chi connectivity index (χ1) is 13.1. The van der Waals surface area contributed by atoms with Gasteiger partial charge in [-0.3, -0.25) is 0 Å². The van der Waals surface area contributed by atoms with Crippen LogP contribution in [0.3, 0.4) is 0 Å². The lowest BCUT2D eigenvalue weighted by atomic mass is 9.91. The van der Waals surface area contributed by atoms with Crippen molar-refractivity contribution < 1.29 is 4.74 Å². The monoisotopic (exact) mass is 445 g/mol. The van der Waals surface area contributed by atoms with Gasteiger partial charge in [-0.25, -0.2) is 5.01 Å². The molecule has 0 bridgehead atoms. The summed E-state index contributed by atoms with van der Waals surface area (Å²) in [7, 11) is 0. The van der Waals surface area contributed by atoms with E-state index in [0.29, 0.717) is 6.04 Å². The van der Waals surface area contributed by atoms with Gasteiger partial charge in [-0.05, 0) is 48.0 Å². The summed E-state index contributed by atoms with van der Waals surface area (Å²) in [6.45, 7) is 6.66.